The second kappa shape index (κ2) is 2.33. The predicted octanol–water partition coefficient (Wildman–Crippen LogP) is 2.07. The number of aryl methyl sites for hydroxylation is 2. The fourth-order valence-electron chi connectivity index (χ4n) is 0.989. The zero-order valence-corrected chi connectivity index (χ0v) is 6.18. The summed E-state index contributed by atoms with van der Waals surface area (Å²) < 4.78 is 0. The molecule has 0 heterocycles. The second-order valence-corrected chi connectivity index (χ2v) is 2.50. The van der Waals surface area contributed by atoms with E-state index in [4.69, 9.17) is 6.92 Å². The number of hydrogen-bond donors (Lipinski definition) is 1. The lowest BCUT2D eigenvalue weighted by atomic mass is 10.1. The highest BCUT2D eigenvalue weighted by Gasteiger charge is 1.99. The van der Waals surface area contributed by atoms with Gasteiger partial charge in [0.1, 0.15) is 5.75 Å². The SMILES string of the molecule is [CH]c1cc(C)c(O)c(C)c1. The number of aromatic hydroxyl groups is 1. The minimum absolute atomic E-state index is 0.342. The van der Waals surface area contributed by atoms with Crippen molar-refractivity contribution in [1.29, 1.82) is 0 Å². The summed E-state index contributed by atoms with van der Waals surface area (Å²) >= 11 is 0. The lowest BCUT2D eigenvalue weighted by Gasteiger charge is -2.02. The minimum atomic E-state index is 0.342. The molecule has 10 heavy (non-hydrogen) atoms. The Labute approximate surface area is 61.3 Å². The molecular weight excluding hydrogens is 124 g/mol. The molecule has 0 spiro atoms. The van der Waals surface area contributed by atoms with Crippen LogP contribution in [-0.2, 0) is 0 Å². The van der Waals surface area contributed by atoms with Crippen molar-refractivity contribution >= 4 is 0 Å². The van der Waals surface area contributed by atoms with Crippen molar-refractivity contribution in [3.63, 3.8) is 0 Å². The van der Waals surface area contributed by atoms with E-state index in [0.717, 1.165) is 11.1 Å². The third-order valence-corrected chi connectivity index (χ3v) is 1.51. The molecule has 1 nitrogen and oxygen atoms in total. The first-order chi connectivity index (χ1) is 4.61. The molecule has 0 amide bonds. The number of phenols is 1. The third kappa shape index (κ3) is 1.13. The highest BCUT2D eigenvalue weighted by atomic mass is 16.3. The summed E-state index contributed by atoms with van der Waals surface area (Å²) in [5.41, 5.74) is 2.36. The van der Waals surface area contributed by atoms with Crippen molar-refractivity contribution in [2.24, 2.45) is 0 Å². The van der Waals surface area contributed by atoms with Gasteiger partial charge in [-0.2, -0.15) is 0 Å². The summed E-state index contributed by atoms with van der Waals surface area (Å²) in [4.78, 5) is 0. The molecule has 52 valence electrons. The van der Waals surface area contributed by atoms with Gasteiger partial charge in [0.05, 0.1) is 0 Å². The zero-order valence-electron chi connectivity index (χ0n) is 6.18. The monoisotopic (exact) mass is 134 g/mol. The van der Waals surface area contributed by atoms with Crippen molar-refractivity contribution in [2.75, 3.05) is 0 Å². The van der Waals surface area contributed by atoms with Gasteiger partial charge in [-0.05, 0) is 37.5 Å². The third-order valence-electron chi connectivity index (χ3n) is 1.51. The van der Waals surface area contributed by atoms with Crippen LogP contribution >= 0.6 is 0 Å². The molecule has 0 aliphatic rings. The Morgan fingerprint density at radius 2 is 1.60 bits per heavy atom. The maximum absolute atomic E-state index is 9.28. The largest absolute Gasteiger partial charge is 0.507 e. The molecule has 1 N–H and O–H groups in total. The van der Waals surface area contributed by atoms with Gasteiger partial charge in [-0.1, -0.05) is 12.1 Å². The second-order valence-electron chi connectivity index (χ2n) is 2.50. The van der Waals surface area contributed by atoms with Gasteiger partial charge in [-0.15, -0.1) is 0 Å². The molecule has 0 aromatic heterocycles. The average Bonchev–Trinajstić information content (AvgIpc) is 1.82. The van der Waals surface area contributed by atoms with Crippen LogP contribution in [0.4, 0.5) is 0 Å². The molecule has 0 unspecified atom stereocenters. The number of benzene rings is 1. The van der Waals surface area contributed by atoms with E-state index in [0.29, 0.717) is 11.3 Å². The zero-order chi connectivity index (χ0) is 7.72. The summed E-state index contributed by atoms with van der Waals surface area (Å²) in [6, 6.07) is 3.50. The summed E-state index contributed by atoms with van der Waals surface area (Å²) in [5.74, 6) is 0.342. The van der Waals surface area contributed by atoms with Gasteiger partial charge >= 0.3 is 0 Å². The molecule has 1 aromatic rings. The van der Waals surface area contributed by atoms with Crippen molar-refractivity contribution < 1.29 is 5.11 Å². The van der Waals surface area contributed by atoms with E-state index in [2.05, 4.69) is 0 Å². The quantitative estimate of drug-likeness (QED) is 0.576. The fraction of sp³-hybridized carbons (Fsp3) is 0.222. The molecule has 0 saturated heterocycles. The highest BCUT2D eigenvalue weighted by Crippen LogP contribution is 2.21. The first-order valence-corrected chi connectivity index (χ1v) is 3.17. The maximum atomic E-state index is 9.28. The van der Waals surface area contributed by atoms with E-state index in [1.54, 1.807) is 12.1 Å². The van der Waals surface area contributed by atoms with Gasteiger partial charge < -0.3 is 5.11 Å². The molecule has 1 rings (SSSR count). The molecule has 2 radical (unpaired) electrons. The molecular formula is C9H10O. The predicted molar refractivity (Wildman–Crippen MR) is 41.0 cm³/mol. The van der Waals surface area contributed by atoms with Crippen LogP contribution in [0.15, 0.2) is 12.1 Å². The van der Waals surface area contributed by atoms with Gasteiger partial charge in [0.25, 0.3) is 0 Å². The summed E-state index contributed by atoms with van der Waals surface area (Å²) in [7, 11) is 0. The summed E-state index contributed by atoms with van der Waals surface area (Å²) in [6.07, 6.45) is 0. The summed E-state index contributed by atoms with van der Waals surface area (Å²) in [6.45, 7) is 9.18. The van der Waals surface area contributed by atoms with E-state index in [9.17, 15) is 5.11 Å². The van der Waals surface area contributed by atoms with Gasteiger partial charge in [-0.25, -0.2) is 0 Å². The normalized spacial score (nSPS) is 9.90. The van der Waals surface area contributed by atoms with Crippen molar-refractivity contribution in [2.45, 2.75) is 13.8 Å². The van der Waals surface area contributed by atoms with Crippen LogP contribution in [0.2, 0.25) is 0 Å². The fourth-order valence-corrected chi connectivity index (χ4v) is 0.989. The topological polar surface area (TPSA) is 20.2 Å². The van der Waals surface area contributed by atoms with E-state index in [1.807, 2.05) is 13.8 Å². The number of hydrogen-bond acceptors (Lipinski definition) is 1. The molecule has 0 fully saturated rings. The van der Waals surface area contributed by atoms with Crippen molar-refractivity contribution in [3.8, 4) is 5.75 Å². The minimum Gasteiger partial charge on any atom is -0.507 e. The maximum Gasteiger partial charge on any atom is 0.121 e. The van der Waals surface area contributed by atoms with E-state index < -0.39 is 0 Å². The summed E-state index contributed by atoms with van der Waals surface area (Å²) in [5, 5.41) is 9.28. The lowest BCUT2D eigenvalue weighted by Crippen LogP contribution is -1.81. The molecule has 0 saturated carbocycles. The smallest absolute Gasteiger partial charge is 0.121 e. The van der Waals surface area contributed by atoms with Crippen LogP contribution in [-0.4, -0.2) is 5.11 Å². The molecule has 1 heteroatoms. The molecule has 0 atom stereocenters. The Kier molecular flexibility index (Phi) is 1.66. The Balaban J connectivity index is 3.31. The molecule has 1 aromatic carbocycles. The van der Waals surface area contributed by atoms with Gasteiger partial charge in [0, 0.05) is 0 Å². The Bertz CT molecular complexity index is 228. The van der Waals surface area contributed by atoms with Crippen LogP contribution in [0, 0.1) is 20.8 Å². The molecule has 0 bridgehead atoms. The van der Waals surface area contributed by atoms with E-state index >= 15 is 0 Å². The van der Waals surface area contributed by atoms with Crippen LogP contribution in [0.25, 0.3) is 0 Å². The standard InChI is InChI=1S/C9H10O/c1-6-4-7(2)9(10)8(3)5-6/h1,4-5,10H,2-3H3. The first kappa shape index (κ1) is 7.13. The molecule has 0 aliphatic heterocycles. The van der Waals surface area contributed by atoms with Crippen LogP contribution in [0.1, 0.15) is 16.7 Å². The lowest BCUT2D eigenvalue weighted by molar-refractivity contribution is 0.467. The van der Waals surface area contributed by atoms with E-state index in [-0.39, 0.29) is 0 Å². The van der Waals surface area contributed by atoms with Crippen molar-refractivity contribution in [3.05, 3.63) is 35.7 Å². The Morgan fingerprint density at radius 3 is 2.00 bits per heavy atom. The Hall–Kier alpha value is -0.980. The van der Waals surface area contributed by atoms with Gasteiger partial charge in [-0.3, -0.25) is 0 Å². The van der Waals surface area contributed by atoms with Crippen LogP contribution < -0.4 is 0 Å². The molecule has 0 aliphatic carbocycles. The van der Waals surface area contributed by atoms with Crippen LogP contribution in [0.5, 0.6) is 5.75 Å². The van der Waals surface area contributed by atoms with Crippen molar-refractivity contribution in [1.82, 2.24) is 0 Å². The first-order valence-electron chi connectivity index (χ1n) is 3.17. The Morgan fingerprint density at radius 1 is 1.20 bits per heavy atom. The highest BCUT2D eigenvalue weighted by molar-refractivity contribution is 5.42. The number of phenolic OH excluding ortho intramolecular Hbond substituents is 1. The van der Waals surface area contributed by atoms with Gasteiger partial charge in [0.2, 0.25) is 0 Å². The average molecular weight is 134 g/mol. The number of rotatable bonds is 0. The van der Waals surface area contributed by atoms with E-state index in [1.165, 1.54) is 0 Å². The van der Waals surface area contributed by atoms with Crippen LogP contribution in [0.3, 0.4) is 0 Å². The van der Waals surface area contributed by atoms with Gasteiger partial charge in [0.15, 0.2) is 0 Å².